The van der Waals surface area contributed by atoms with Crippen molar-refractivity contribution < 1.29 is 0 Å². The molecule has 21 heavy (non-hydrogen) atoms. The first-order valence-electron chi connectivity index (χ1n) is 6.91. The van der Waals surface area contributed by atoms with Gasteiger partial charge in [0.05, 0.1) is 0 Å². The average Bonchev–Trinajstić information content (AvgIpc) is 2.45. The number of hydrogen-bond donors (Lipinski definition) is 1. The number of rotatable bonds is 6. The summed E-state index contributed by atoms with van der Waals surface area (Å²) in [5, 5.41) is 4.14. The molecule has 0 radical (unpaired) electrons. The Morgan fingerprint density at radius 3 is 2.38 bits per heavy atom. The summed E-state index contributed by atoms with van der Waals surface area (Å²) in [6, 6.07) is 7.90. The number of nitrogens with zero attached hydrogens (tertiary/aromatic N) is 3. The predicted molar refractivity (Wildman–Crippen MR) is 103 cm³/mol. The van der Waals surface area contributed by atoms with Gasteiger partial charge in [0, 0.05) is 38.8 Å². The number of guanidine groups is 1. The van der Waals surface area contributed by atoms with Crippen LogP contribution in [-0.4, -0.2) is 56.5 Å². The summed E-state index contributed by atoms with van der Waals surface area (Å²) in [7, 11) is 5.96. The third kappa shape index (κ3) is 7.87. The molecule has 0 heterocycles. The highest BCUT2D eigenvalue weighted by Gasteiger charge is 2.06. The molecule has 1 aromatic carbocycles. The normalized spacial score (nSPS) is 11.2. The second-order valence-electron chi connectivity index (χ2n) is 4.85. The summed E-state index contributed by atoms with van der Waals surface area (Å²) in [6.07, 6.45) is 0. The van der Waals surface area contributed by atoms with E-state index < -0.39 is 0 Å². The van der Waals surface area contributed by atoms with Crippen LogP contribution in [0.15, 0.2) is 29.3 Å². The lowest BCUT2D eigenvalue weighted by atomic mass is 10.2. The molecule has 120 valence electrons. The summed E-state index contributed by atoms with van der Waals surface area (Å²) in [5.74, 6) is 0.907. The quantitative estimate of drug-likeness (QED) is 0.433. The number of hydrogen-bond acceptors (Lipinski definition) is 2. The van der Waals surface area contributed by atoms with Gasteiger partial charge in [0.1, 0.15) is 0 Å². The van der Waals surface area contributed by atoms with E-state index in [2.05, 4.69) is 34.1 Å². The second-order valence-corrected chi connectivity index (χ2v) is 5.29. The van der Waals surface area contributed by atoms with Gasteiger partial charge in [0.2, 0.25) is 0 Å². The van der Waals surface area contributed by atoms with Crippen molar-refractivity contribution in [3.63, 3.8) is 0 Å². The van der Waals surface area contributed by atoms with E-state index >= 15 is 0 Å². The Hall–Kier alpha value is -0.530. The molecule has 0 spiro atoms. The van der Waals surface area contributed by atoms with Crippen LogP contribution in [0.5, 0.6) is 0 Å². The van der Waals surface area contributed by atoms with Gasteiger partial charge in [-0.2, -0.15) is 0 Å². The van der Waals surface area contributed by atoms with Crippen molar-refractivity contribution in [1.29, 1.82) is 0 Å². The minimum Gasteiger partial charge on any atom is -0.355 e. The van der Waals surface area contributed by atoms with Gasteiger partial charge < -0.3 is 15.1 Å². The van der Waals surface area contributed by atoms with E-state index in [-0.39, 0.29) is 24.0 Å². The molecule has 0 aromatic heterocycles. The largest absolute Gasteiger partial charge is 0.355 e. The number of halogens is 2. The highest BCUT2D eigenvalue weighted by atomic mass is 127. The number of aliphatic imine (C=N–C) groups is 1. The van der Waals surface area contributed by atoms with Crippen molar-refractivity contribution in [3.8, 4) is 0 Å². The van der Waals surface area contributed by atoms with Crippen LogP contribution >= 0.6 is 35.6 Å². The van der Waals surface area contributed by atoms with Crippen LogP contribution in [0, 0.1) is 0 Å². The summed E-state index contributed by atoms with van der Waals surface area (Å²) in [6.45, 7) is 5.91. The number of likely N-dealkylation sites (N-methyl/N-ethyl adjacent to an activating group) is 1. The maximum atomic E-state index is 5.90. The van der Waals surface area contributed by atoms with Crippen LogP contribution in [0.2, 0.25) is 5.02 Å². The van der Waals surface area contributed by atoms with Crippen LogP contribution < -0.4 is 5.32 Å². The minimum absolute atomic E-state index is 0. The standard InChI is InChI=1S/C15H25ClN4.HI/c1-5-19(3)11-10-18-15(17-2)20(4)12-13-6-8-14(16)9-7-13;/h6-9H,5,10-12H2,1-4H3,(H,17,18);1H. The molecule has 4 nitrogen and oxygen atoms in total. The van der Waals surface area contributed by atoms with Crippen molar-refractivity contribution in [2.45, 2.75) is 13.5 Å². The molecule has 6 heteroatoms. The average molecular weight is 425 g/mol. The zero-order chi connectivity index (χ0) is 15.0. The third-order valence-corrected chi connectivity index (χ3v) is 3.47. The zero-order valence-electron chi connectivity index (χ0n) is 13.3. The summed E-state index contributed by atoms with van der Waals surface area (Å²) in [5.41, 5.74) is 1.21. The monoisotopic (exact) mass is 424 g/mol. The van der Waals surface area contributed by atoms with E-state index in [9.17, 15) is 0 Å². The fourth-order valence-corrected chi connectivity index (χ4v) is 1.97. The fraction of sp³-hybridized carbons (Fsp3) is 0.533. The van der Waals surface area contributed by atoms with Gasteiger partial charge in [-0.15, -0.1) is 24.0 Å². The summed E-state index contributed by atoms with van der Waals surface area (Å²) in [4.78, 5) is 8.68. The maximum absolute atomic E-state index is 5.90. The van der Waals surface area contributed by atoms with Crippen molar-refractivity contribution in [2.24, 2.45) is 4.99 Å². The van der Waals surface area contributed by atoms with Gasteiger partial charge in [-0.05, 0) is 31.3 Å². The maximum Gasteiger partial charge on any atom is 0.193 e. The number of nitrogens with one attached hydrogen (secondary N) is 1. The van der Waals surface area contributed by atoms with E-state index in [1.807, 2.05) is 38.4 Å². The third-order valence-electron chi connectivity index (χ3n) is 3.22. The van der Waals surface area contributed by atoms with Gasteiger partial charge in [-0.25, -0.2) is 0 Å². The molecule has 0 saturated heterocycles. The minimum atomic E-state index is 0. The molecular weight excluding hydrogens is 399 g/mol. The van der Waals surface area contributed by atoms with Gasteiger partial charge in [0.25, 0.3) is 0 Å². The molecule has 0 aliphatic heterocycles. The van der Waals surface area contributed by atoms with E-state index in [0.717, 1.165) is 37.2 Å². The topological polar surface area (TPSA) is 30.9 Å². The summed E-state index contributed by atoms with van der Waals surface area (Å²) < 4.78 is 0. The van der Waals surface area contributed by atoms with Gasteiger partial charge in [0.15, 0.2) is 5.96 Å². The van der Waals surface area contributed by atoms with Crippen molar-refractivity contribution >= 4 is 41.5 Å². The Kier molecular flexibility index (Phi) is 10.8. The van der Waals surface area contributed by atoms with Crippen LogP contribution in [0.1, 0.15) is 12.5 Å². The van der Waals surface area contributed by atoms with Crippen LogP contribution in [0.3, 0.4) is 0 Å². The number of benzene rings is 1. The molecule has 0 bridgehead atoms. The SMILES string of the molecule is CCN(C)CCNC(=NC)N(C)Cc1ccc(Cl)cc1.I. The van der Waals surface area contributed by atoms with E-state index in [0.29, 0.717) is 0 Å². The molecule has 0 unspecified atom stereocenters. The molecule has 0 atom stereocenters. The van der Waals surface area contributed by atoms with E-state index in [1.165, 1.54) is 5.56 Å². The van der Waals surface area contributed by atoms with Gasteiger partial charge in [-0.3, -0.25) is 4.99 Å². The van der Waals surface area contributed by atoms with E-state index in [4.69, 9.17) is 11.6 Å². The van der Waals surface area contributed by atoms with Crippen LogP contribution in [0.25, 0.3) is 0 Å². The Bertz CT molecular complexity index is 422. The van der Waals surface area contributed by atoms with Crippen molar-refractivity contribution in [2.75, 3.05) is 40.8 Å². The Balaban J connectivity index is 0.00000400. The second kappa shape index (κ2) is 11.1. The first-order valence-corrected chi connectivity index (χ1v) is 7.29. The molecule has 1 rings (SSSR count). The predicted octanol–water partition coefficient (Wildman–Crippen LogP) is 2.92. The molecule has 0 aliphatic carbocycles. The molecule has 0 fully saturated rings. The molecule has 0 aliphatic rings. The van der Waals surface area contributed by atoms with Gasteiger partial charge in [-0.1, -0.05) is 30.7 Å². The lowest BCUT2D eigenvalue weighted by Gasteiger charge is -2.23. The molecule has 1 aromatic rings. The Morgan fingerprint density at radius 2 is 1.86 bits per heavy atom. The molecule has 0 amide bonds. The zero-order valence-corrected chi connectivity index (χ0v) is 16.4. The van der Waals surface area contributed by atoms with Crippen molar-refractivity contribution in [1.82, 2.24) is 15.1 Å². The molecular formula is C15H26ClIN4. The Morgan fingerprint density at radius 1 is 1.24 bits per heavy atom. The first-order chi connectivity index (χ1) is 9.56. The van der Waals surface area contributed by atoms with Crippen molar-refractivity contribution in [3.05, 3.63) is 34.9 Å². The lowest BCUT2D eigenvalue weighted by molar-refractivity contribution is 0.353. The summed E-state index contributed by atoms with van der Waals surface area (Å²) >= 11 is 5.90. The van der Waals surface area contributed by atoms with E-state index in [1.54, 1.807) is 0 Å². The smallest absolute Gasteiger partial charge is 0.193 e. The highest BCUT2D eigenvalue weighted by molar-refractivity contribution is 14.0. The van der Waals surface area contributed by atoms with Crippen LogP contribution in [-0.2, 0) is 6.54 Å². The molecule has 0 saturated carbocycles. The highest BCUT2D eigenvalue weighted by Crippen LogP contribution is 2.10. The first kappa shape index (κ1) is 20.5. The van der Waals surface area contributed by atoms with Gasteiger partial charge >= 0.3 is 0 Å². The fourth-order valence-electron chi connectivity index (χ4n) is 1.84. The molecule has 1 N–H and O–H groups in total. The Labute approximate surface area is 150 Å². The lowest BCUT2D eigenvalue weighted by Crippen LogP contribution is -2.41. The van der Waals surface area contributed by atoms with Crippen LogP contribution in [0.4, 0.5) is 0 Å².